The van der Waals surface area contributed by atoms with E-state index in [2.05, 4.69) is 136 Å². The van der Waals surface area contributed by atoms with Gasteiger partial charge >= 0.3 is 0 Å². The first-order valence-electron chi connectivity index (χ1n) is 29.9. The molecule has 466 valence electrons. The van der Waals surface area contributed by atoms with E-state index < -0.39 is 5.41 Å². The van der Waals surface area contributed by atoms with Crippen LogP contribution in [-0.4, -0.2) is 45.7 Å². The fourth-order valence-corrected chi connectivity index (χ4v) is 10.2. The molecule has 1 aliphatic carbocycles. The summed E-state index contributed by atoms with van der Waals surface area (Å²) < 4.78 is 25.1. The summed E-state index contributed by atoms with van der Waals surface area (Å²) in [6, 6.07) is 50.7. The molecule has 10 heteroatoms. The van der Waals surface area contributed by atoms with Crippen LogP contribution < -0.4 is 0 Å². The summed E-state index contributed by atoms with van der Waals surface area (Å²) >= 11 is 0. The minimum atomic E-state index is -0.506. The van der Waals surface area contributed by atoms with Gasteiger partial charge in [0.05, 0.1) is 0 Å². The number of aliphatic imine (C=N–C) groups is 2. The van der Waals surface area contributed by atoms with E-state index in [-0.39, 0.29) is 74.8 Å². The van der Waals surface area contributed by atoms with Crippen LogP contribution in [0.5, 0.6) is 11.5 Å². The number of nitrogens with zero attached hydrogens (tertiary/aromatic N) is 4. The van der Waals surface area contributed by atoms with Crippen molar-refractivity contribution in [2.24, 2.45) is 9.98 Å². The van der Waals surface area contributed by atoms with Gasteiger partial charge in [0.2, 0.25) is 0 Å². The molecule has 9 rings (SSSR count). The summed E-state index contributed by atoms with van der Waals surface area (Å²) in [6.45, 7) is 11.8. The number of aromatic hydroxyl groups is 2. The molecule has 2 N–H and O–H groups in total. The number of hydrogen-bond acceptors (Lipinski definition) is 6. The van der Waals surface area contributed by atoms with Gasteiger partial charge in [0.25, 0.3) is 0 Å². The summed E-state index contributed by atoms with van der Waals surface area (Å²) in [6.07, 6.45) is 26.5. The van der Waals surface area contributed by atoms with E-state index in [1.165, 1.54) is 111 Å². The number of allylic oxidation sites excluding steroid dienone is 1. The number of hydrogen-bond donors (Lipinski definition) is 2. The van der Waals surface area contributed by atoms with Crippen molar-refractivity contribution in [3.63, 3.8) is 0 Å². The van der Waals surface area contributed by atoms with Gasteiger partial charge in [-0.3, -0.25) is 18.8 Å². The van der Waals surface area contributed by atoms with E-state index in [4.69, 9.17) is 0 Å². The van der Waals surface area contributed by atoms with Crippen molar-refractivity contribution >= 4 is 12.4 Å². The van der Waals surface area contributed by atoms with Crippen molar-refractivity contribution in [1.82, 2.24) is 9.97 Å². The molecule has 0 aliphatic heterocycles. The zero-order valence-corrected chi connectivity index (χ0v) is 54.9. The van der Waals surface area contributed by atoms with Gasteiger partial charge in [0, 0.05) is 118 Å². The van der Waals surface area contributed by atoms with Crippen molar-refractivity contribution in [3.05, 3.63) is 251 Å². The van der Waals surface area contributed by atoms with Gasteiger partial charge < -0.3 is 20.2 Å². The number of rotatable bonds is 24. The van der Waals surface area contributed by atoms with E-state index in [0.29, 0.717) is 0 Å². The molecule has 0 fully saturated rings. The zero-order chi connectivity index (χ0) is 59.9. The molecular formula is C77H92F2Ir2N4O2-2. The van der Waals surface area contributed by atoms with Crippen LogP contribution in [0.25, 0.3) is 55.9 Å². The fraction of sp³-hybridized carbons (Fsp3) is 0.273. The van der Waals surface area contributed by atoms with Gasteiger partial charge in [-0.1, -0.05) is 170 Å². The molecule has 0 bridgehead atoms. The quantitative estimate of drug-likeness (QED) is 0.0273. The predicted octanol–water partition coefficient (Wildman–Crippen LogP) is 21.9. The van der Waals surface area contributed by atoms with Crippen LogP contribution in [0, 0.1) is 23.8 Å². The molecule has 2 heterocycles. The normalized spacial score (nSPS) is 12.4. The third-order valence-electron chi connectivity index (χ3n) is 14.8. The van der Waals surface area contributed by atoms with E-state index in [1.807, 2.05) is 73.1 Å². The van der Waals surface area contributed by atoms with Crippen molar-refractivity contribution in [2.75, 3.05) is 13.1 Å². The van der Waals surface area contributed by atoms with Crippen LogP contribution in [-0.2, 0) is 45.6 Å². The minimum absolute atomic E-state index is 0. The molecule has 0 saturated heterocycles. The van der Waals surface area contributed by atoms with Gasteiger partial charge in [0.1, 0.15) is 11.5 Å². The van der Waals surface area contributed by atoms with Gasteiger partial charge in [-0.15, -0.1) is 59.7 Å². The molecule has 0 amide bonds. The molecule has 87 heavy (non-hydrogen) atoms. The van der Waals surface area contributed by atoms with Gasteiger partial charge in [-0.2, -0.15) is 0 Å². The van der Waals surface area contributed by atoms with Crippen LogP contribution in [0.3, 0.4) is 0 Å². The molecule has 1 aliphatic rings. The topological polar surface area (TPSA) is 91.0 Å². The summed E-state index contributed by atoms with van der Waals surface area (Å²) in [7, 11) is 0. The standard InChI is InChI=1S/C55H62N2O2.2C11H7FN.2Ir.8H2/c1-5-9-13-17-19-21-33-55(34-22-20-18-14-10-6-2)51-39-45(43-27-31-53(58)47(37-43)41-56-35-23-15-11-7-3)25-29-49(51)50-30-26-46(40-52(50)55)44-28-32-54(59)48(38-44)42-57-36-24-16-12-8-4;2*12-10-6-4-9(5-7-10)11-3-1-2-8-13-11;;;;;;;;;;/h25-33,37-42,58-59H,1,6-8,10-12,14-16,18,20,22-24,34-36H2,2-4H3;2*1-4,6-8H;;;8*1H/q;2*-1;;;;;;;;;;. The molecule has 0 spiro atoms. The van der Waals surface area contributed by atoms with Crippen LogP contribution in [0.15, 0.2) is 215 Å². The zero-order valence-electron chi connectivity index (χ0n) is 50.1. The van der Waals surface area contributed by atoms with Crippen molar-refractivity contribution in [3.8, 4) is 67.4 Å². The largest absolute Gasteiger partial charge is 0.507 e. The van der Waals surface area contributed by atoms with Crippen LogP contribution in [0.4, 0.5) is 8.78 Å². The van der Waals surface area contributed by atoms with E-state index >= 15 is 0 Å². The number of halogens is 2. The number of fused-ring (bicyclic) bond motifs is 3. The maximum atomic E-state index is 12.6. The molecule has 2 radical (unpaired) electrons. The molecule has 2 aromatic heterocycles. The van der Waals surface area contributed by atoms with Gasteiger partial charge in [0.15, 0.2) is 0 Å². The second-order valence-electron chi connectivity index (χ2n) is 21.0. The predicted molar refractivity (Wildman–Crippen MR) is 363 cm³/mol. The SMILES string of the molecule is C=C=C=C=C=C=C=CC1(CCCCCCCC)c2cc(-c3ccc(O)c(C=NCCCCCC)c3)ccc2-c2ccc(-c3ccc(O)c(C=NCCCCCC)c3)cc21.Fc1c[c-]c(-c2ccccn2)cc1.Fc1c[c-]c(-c2ccccn2)cc1.[HH].[HH].[HH].[HH].[HH].[HH].[HH].[HH].[Ir].[Ir]. The maximum absolute atomic E-state index is 12.6. The Hall–Kier alpha value is -7.86. The Balaban J connectivity index is -0.000000952. The molecule has 0 saturated carbocycles. The first-order chi connectivity index (χ1) is 41.7. The molecule has 6 aromatic carbocycles. The third kappa shape index (κ3) is 21.2. The minimum Gasteiger partial charge on any atom is -0.507 e. The summed E-state index contributed by atoms with van der Waals surface area (Å²) in [5.74, 6) is -0.0960. The van der Waals surface area contributed by atoms with Gasteiger partial charge in [-0.05, 0) is 159 Å². The second kappa shape index (κ2) is 38.3. The molecule has 0 unspecified atom stereocenters. The summed E-state index contributed by atoms with van der Waals surface area (Å²) in [5, 5.41) is 21.6. The monoisotopic (exact) mass is 1530 g/mol. The average Bonchev–Trinajstić information content (AvgIpc) is 1.57. The fourth-order valence-electron chi connectivity index (χ4n) is 10.2. The first-order valence-corrected chi connectivity index (χ1v) is 29.9. The molecule has 0 atom stereocenters. The van der Waals surface area contributed by atoms with Crippen molar-refractivity contribution in [2.45, 2.75) is 122 Å². The molecule has 6 nitrogen and oxygen atoms in total. The van der Waals surface area contributed by atoms with Crippen molar-refractivity contribution < 1.29 is 70.6 Å². The summed E-state index contributed by atoms with van der Waals surface area (Å²) in [5.41, 5.74) is 30.6. The number of aromatic nitrogens is 2. The van der Waals surface area contributed by atoms with Crippen LogP contribution >= 0.6 is 0 Å². The Labute approximate surface area is 553 Å². The van der Waals surface area contributed by atoms with Crippen molar-refractivity contribution in [1.29, 1.82) is 0 Å². The van der Waals surface area contributed by atoms with E-state index in [1.54, 1.807) is 36.7 Å². The van der Waals surface area contributed by atoms with E-state index in [0.717, 1.165) is 101 Å². The number of benzene rings is 6. The Morgan fingerprint density at radius 1 is 0.517 bits per heavy atom. The number of pyridine rings is 2. The molecule has 8 aromatic rings. The van der Waals surface area contributed by atoms with Crippen LogP contribution in [0.1, 0.15) is 151 Å². The smallest absolute Gasteiger partial charge is 0.124 e. The Kier molecular flexibility index (Phi) is 30.8. The van der Waals surface area contributed by atoms with E-state index in [9.17, 15) is 19.0 Å². The Bertz CT molecular complexity index is 3550. The number of unbranched alkanes of at least 4 members (excludes halogenated alkanes) is 11. The summed E-state index contributed by atoms with van der Waals surface area (Å²) in [4.78, 5) is 17.6. The van der Waals surface area contributed by atoms with Crippen LogP contribution in [0.2, 0.25) is 0 Å². The maximum Gasteiger partial charge on any atom is 0.124 e. The Morgan fingerprint density at radius 3 is 1.39 bits per heavy atom. The Morgan fingerprint density at radius 2 is 0.954 bits per heavy atom. The number of phenols is 2. The average molecular weight is 1530 g/mol. The second-order valence-corrected chi connectivity index (χ2v) is 21.0. The molecular weight excluding hydrogens is 1440 g/mol. The third-order valence-corrected chi connectivity index (χ3v) is 14.8. The number of phenolic OH excluding ortho intramolecular Hbond substituents is 2. The van der Waals surface area contributed by atoms with Gasteiger partial charge in [-0.25, -0.2) is 0 Å². The first kappa shape index (κ1) is 69.9.